The van der Waals surface area contributed by atoms with Crippen LogP contribution >= 0.6 is 0 Å². The number of piperidine rings is 1. The molecular formula is C15H21N3O5. The molecule has 8 heteroatoms. The van der Waals surface area contributed by atoms with Crippen LogP contribution in [0, 0.1) is 10.1 Å². The van der Waals surface area contributed by atoms with Gasteiger partial charge in [0.1, 0.15) is 17.9 Å². The normalized spacial score (nSPS) is 18.4. The van der Waals surface area contributed by atoms with Gasteiger partial charge >= 0.3 is 11.8 Å². The van der Waals surface area contributed by atoms with Crippen molar-refractivity contribution in [3.05, 3.63) is 28.6 Å². The van der Waals surface area contributed by atoms with E-state index in [9.17, 15) is 14.9 Å². The summed E-state index contributed by atoms with van der Waals surface area (Å²) in [4.78, 5) is 27.9. The van der Waals surface area contributed by atoms with Gasteiger partial charge in [-0.15, -0.1) is 0 Å². The number of hydrogen-bond acceptors (Lipinski definition) is 6. The Labute approximate surface area is 134 Å². The number of hydrogen-bond donors (Lipinski definition) is 0. The second-order valence-corrected chi connectivity index (χ2v) is 6.41. The molecule has 1 unspecified atom stereocenters. The quantitative estimate of drug-likeness (QED) is 0.627. The van der Waals surface area contributed by atoms with E-state index in [1.165, 1.54) is 12.3 Å². The maximum absolute atomic E-state index is 12.1. The van der Waals surface area contributed by atoms with Gasteiger partial charge < -0.3 is 14.4 Å². The van der Waals surface area contributed by atoms with E-state index >= 15 is 0 Å². The van der Waals surface area contributed by atoms with Gasteiger partial charge in [0.15, 0.2) is 0 Å². The summed E-state index contributed by atoms with van der Waals surface area (Å²) in [6.07, 6.45) is 3.37. The highest BCUT2D eigenvalue weighted by atomic mass is 16.6. The molecule has 1 amide bonds. The Kier molecular flexibility index (Phi) is 5.02. The molecular weight excluding hydrogens is 302 g/mol. The number of amides is 1. The molecule has 1 aromatic rings. The molecule has 0 aromatic carbocycles. The van der Waals surface area contributed by atoms with Crippen molar-refractivity contribution in [2.45, 2.75) is 45.3 Å². The fourth-order valence-corrected chi connectivity index (χ4v) is 2.32. The Morgan fingerprint density at radius 2 is 2.22 bits per heavy atom. The average Bonchev–Trinajstić information content (AvgIpc) is 2.46. The Balaban J connectivity index is 2.02. The average molecular weight is 323 g/mol. The van der Waals surface area contributed by atoms with Crippen LogP contribution in [-0.4, -0.2) is 45.7 Å². The first kappa shape index (κ1) is 17.0. The van der Waals surface area contributed by atoms with E-state index in [0.717, 1.165) is 19.0 Å². The third-order valence-electron chi connectivity index (χ3n) is 3.28. The van der Waals surface area contributed by atoms with Gasteiger partial charge in [-0.1, -0.05) is 0 Å². The van der Waals surface area contributed by atoms with Crippen LogP contribution in [0.3, 0.4) is 0 Å². The topological polar surface area (TPSA) is 94.8 Å². The van der Waals surface area contributed by atoms with Gasteiger partial charge in [-0.05, 0) is 33.6 Å². The molecule has 1 saturated heterocycles. The highest BCUT2D eigenvalue weighted by molar-refractivity contribution is 5.68. The minimum atomic E-state index is -0.561. The zero-order valence-electron chi connectivity index (χ0n) is 13.5. The van der Waals surface area contributed by atoms with Crippen molar-refractivity contribution in [3.63, 3.8) is 0 Å². The van der Waals surface area contributed by atoms with Crippen LogP contribution in [0.4, 0.5) is 10.5 Å². The molecule has 1 aliphatic heterocycles. The number of pyridine rings is 1. The van der Waals surface area contributed by atoms with E-state index in [4.69, 9.17) is 9.47 Å². The van der Waals surface area contributed by atoms with Crippen LogP contribution in [0.2, 0.25) is 0 Å². The maximum Gasteiger partial charge on any atom is 0.410 e. The van der Waals surface area contributed by atoms with Crippen molar-refractivity contribution in [2.24, 2.45) is 0 Å². The molecule has 2 rings (SSSR count). The lowest BCUT2D eigenvalue weighted by atomic mass is 10.1. The highest BCUT2D eigenvalue weighted by Gasteiger charge is 2.29. The number of nitro groups is 1. The standard InChI is InChI=1S/C15H21N3O5/c1-15(2,3)23-14(19)17-8-4-5-11(10-17)22-13-6-7-16-9-12(13)18(20)21/h6-7,9,11H,4-5,8,10H2,1-3H3. The zero-order chi connectivity index (χ0) is 17.0. The summed E-state index contributed by atoms with van der Waals surface area (Å²) in [6.45, 7) is 6.36. The molecule has 0 radical (unpaired) electrons. The van der Waals surface area contributed by atoms with Crippen LogP contribution in [0.1, 0.15) is 33.6 Å². The first-order valence-electron chi connectivity index (χ1n) is 7.49. The highest BCUT2D eigenvalue weighted by Crippen LogP contribution is 2.28. The summed E-state index contributed by atoms with van der Waals surface area (Å²) >= 11 is 0. The molecule has 126 valence electrons. The predicted molar refractivity (Wildman–Crippen MR) is 82.3 cm³/mol. The summed E-state index contributed by atoms with van der Waals surface area (Å²) in [6, 6.07) is 1.46. The third kappa shape index (κ3) is 4.80. The van der Waals surface area contributed by atoms with Crippen molar-refractivity contribution in [1.29, 1.82) is 0 Å². The van der Waals surface area contributed by atoms with Crippen molar-refractivity contribution in [1.82, 2.24) is 9.88 Å². The molecule has 0 bridgehead atoms. The SMILES string of the molecule is CC(C)(C)OC(=O)N1CCCC(Oc2ccncc2[N+](=O)[O-])C1. The monoisotopic (exact) mass is 323 g/mol. The van der Waals surface area contributed by atoms with Crippen LogP contribution in [0.5, 0.6) is 5.75 Å². The largest absolute Gasteiger partial charge is 0.482 e. The third-order valence-corrected chi connectivity index (χ3v) is 3.28. The Morgan fingerprint density at radius 1 is 1.48 bits per heavy atom. The lowest BCUT2D eigenvalue weighted by Crippen LogP contribution is -2.46. The van der Waals surface area contributed by atoms with E-state index in [0.29, 0.717) is 13.1 Å². The van der Waals surface area contributed by atoms with Gasteiger partial charge in [-0.3, -0.25) is 15.1 Å². The molecule has 1 atom stereocenters. The molecule has 0 spiro atoms. The summed E-state index contributed by atoms with van der Waals surface area (Å²) in [5.41, 5.74) is -0.740. The molecule has 23 heavy (non-hydrogen) atoms. The van der Waals surface area contributed by atoms with E-state index in [1.807, 2.05) is 20.8 Å². The number of carbonyl (C=O) groups excluding carboxylic acids is 1. The van der Waals surface area contributed by atoms with Crippen molar-refractivity contribution in [2.75, 3.05) is 13.1 Å². The fourth-order valence-electron chi connectivity index (χ4n) is 2.32. The molecule has 1 aromatic heterocycles. The predicted octanol–water partition coefficient (Wildman–Crippen LogP) is 2.77. The fraction of sp³-hybridized carbons (Fsp3) is 0.600. The lowest BCUT2D eigenvalue weighted by Gasteiger charge is -2.34. The smallest absolute Gasteiger partial charge is 0.410 e. The Morgan fingerprint density at radius 3 is 2.87 bits per heavy atom. The van der Waals surface area contributed by atoms with E-state index in [1.54, 1.807) is 4.90 Å². The van der Waals surface area contributed by atoms with Crippen LogP contribution in [0.25, 0.3) is 0 Å². The number of likely N-dealkylation sites (tertiary alicyclic amines) is 1. The molecule has 8 nitrogen and oxygen atoms in total. The molecule has 2 heterocycles. The Bertz CT molecular complexity index is 585. The van der Waals surface area contributed by atoms with Gasteiger partial charge in [0, 0.05) is 18.8 Å². The van der Waals surface area contributed by atoms with Crippen molar-refractivity contribution < 1.29 is 19.2 Å². The van der Waals surface area contributed by atoms with E-state index in [2.05, 4.69) is 4.98 Å². The number of carbonyl (C=O) groups is 1. The van der Waals surface area contributed by atoms with Crippen molar-refractivity contribution >= 4 is 11.8 Å². The lowest BCUT2D eigenvalue weighted by molar-refractivity contribution is -0.386. The van der Waals surface area contributed by atoms with Crippen molar-refractivity contribution in [3.8, 4) is 5.75 Å². The second kappa shape index (κ2) is 6.80. The zero-order valence-corrected chi connectivity index (χ0v) is 13.5. The number of ether oxygens (including phenoxy) is 2. The van der Waals surface area contributed by atoms with Gasteiger partial charge in [0.2, 0.25) is 5.75 Å². The van der Waals surface area contributed by atoms with Crippen LogP contribution < -0.4 is 4.74 Å². The minimum absolute atomic E-state index is 0.168. The van der Waals surface area contributed by atoms with Gasteiger partial charge in [-0.25, -0.2) is 4.79 Å². The van der Waals surface area contributed by atoms with Crippen LogP contribution in [-0.2, 0) is 4.74 Å². The van der Waals surface area contributed by atoms with E-state index in [-0.39, 0.29) is 17.5 Å². The minimum Gasteiger partial charge on any atom is -0.482 e. The number of rotatable bonds is 3. The molecule has 1 fully saturated rings. The summed E-state index contributed by atoms with van der Waals surface area (Å²) < 4.78 is 11.1. The van der Waals surface area contributed by atoms with Gasteiger partial charge in [-0.2, -0.15) is 0 Å². The first-order valence-corrected chi connectivity index (χ1v) is 7.49. The van der Waals surface area contributed by atoms with E-state index < -0.39 is 16.6 Å². The first-order chi connectivity index (χ1) is 10.8. The number of nitrogens with zero attached hydrogens (tertiary/aromatic N) is 3. The van der Waals surface area contributed by atoms with Gasteiger partial charge in [0.25, 0.3) is 0 Å². The Hall–Kier alpha value is -2.38. The van der Waals surface area contributed by atoms with Gasteiger partial charge in [0.05, 0.1) is 11.5 Å². The second-order valence-electron chi connectivity index (χ2n) is 6.41. The molecule has 0 saturated carbocycles. The molecule has 0 N–H and O–H groups in total. The summed E-state index contributed by atoms with van der Waals surface area (Å²) in [5, 5.41) is 11.0. The summed E-state index contributed by atoms with van der Waals surface area (Å²) in [7, 11) is 0. The molecule has 1 aliphatic rings. The number of aromatic nitrogens is 1. The maximum atomic E-state index is 12.1. The molecule has 0 aliphatic carbocycles. The van der Waals surface area contributed by atoms with Crippen LogP contribution in [0.15, 0.2) is 18.5 Å². The summed E-state index contributed by atoms with van der Waals surface area (Å²) in [5.74, 6) is 0.168.